The fraction of sp³-hybridized carbons (Fsp3) is 0.417. The van der Waals surface area contributed by atoms with Gasteiger partial charge in [-0.15, -0.1) is 0 Å². The Labute approximate surface area is 98.0 Å². The van der Waals surface area contributed by atoms with Crippen LogP contribution in [0.5, 0.6) is 5.75 Å². The van der Waals surface area contributed by atoms with Crippen molar-refractivity contribution in [2.24, 2.45) is 5.92 Å². The molecule has 0 radical (unpaired) electrons. The van der Waals surface area contributed by atoms with E-state index in [4.69, 9.17) is 9.84 Å². The highest BCUT2D eigenvalue weighted by atomic mass is 19.3. The van der Waals surface area contributed by atoms with Gasteiger partial charge in [0, 0.05) is 11.1 Å². The zero-order valence-electron chi connectivity index (χ0n) is 9.61. The number of benzene rings is 1. The Morgan fingerprint density at radius 3 is 2.59 bits per heavy atom. The van der Waals surface area contributed by atoms with E-state index in [0.717, 1.165) is 0 Å². The number of carboxylic acid groups (broad SMARTS) is 1. The van der Waals surface area contributed by atoms with Gasteiger partial charge in [0.05, 0.1) is 13.0 Å². The summed E-state index contributed by atoms with van der Waals surface area (Å²) in [5.41, 5.74) is 0.0948. The van der Waals surface area contributed by atoms with Crippen LogP contribution in [0.2, 0.25) is 0 Å². The molecule has 0 heterocycles. The molecule has 0 fully saturated rings. The summed E-state index contributed by atoms with van der Waals surface area (Å²) in [5.74, 6) is -1.45. The fourth-order valence-corrected chi connectivity index (χ4v) is 1.59. The average Bonchev–Trinajstić information content (AvgIpc) is 2.28. The standard InChI is InChI=1S/C12H14F2O3/c1-7(12(15)16)6-9-8(11(13)14)4-3-5-10(9)17-2/h3-5,7,11H,6H2,1-2H3,(H,15,16). The third-order valence-corrected chi connectivity index (χ3v) is 2.56. The summed E-state index contributed by atoms with van der Waals surface area (Å²) < 4.78 is 30.6. The van der Waals surface area contributed by atoms with E-state index in [2.05, 4.69) is 0 Å². The molecular weight excluding hydrogens is 230 g/mol. The minimum atomic E-state index is -2.64. The van der Waals surface area contributed by atoms with Crippen LogP contribution in [0.3, 0.4) is 0 Å². The van der Waals surface area contributed by atoms with Crippen molar-refractivity contribution in [2.75, 3.05) is 7.11 Å². The van der Waals surface area contributed by atoms with Gasteiger partial charge in [0.15, 0.2) is 0 Å². The smallest absolute Gasteiger partial charge is 0.306 e. The number of alkyl halides is 2. The lowest BCUT2D eigenvalue weighted by molar-refractivity contribution is -0.141. The average molecular weight is 244 g/mol. The van der Waals surface area contributed by atoms with Crippen molar-refractivity contribution in [3.05, 3.63) is 29.3 Å². The Kier molecular flexibility index (Phi) is 4.43. The van der Waals surface area contributed by atoms with Gasteiger partial charge in [-0.05, 0) is 12.5 Å². The van der Waals surface area contributed by atoms with Gasteiger partial charge in [-0.2, -0.15) is 0 Å². The summed E-state index contributed by atoms with van der Waals surface area (Å²) >= 11 is 0. The largest absolute Gasteiger partial charge is 0.496 e. The van der Waals surface area contributed by atoms with Crippen LogP contribution in [0.25, 0.3) is 0 Å². The van der Waals surface area contributed by atoms with Gasteiger partial charge < -0.3 is 9.84 Å². The summed E-state index contributed by atoms with van der Waals surface area (Å²) in [5, 5.41) is 8.81. The van der Waals surface area contributed by atoms with Crippen LogP contribution in [0.1, 0.15) is 24.5 Å². The van der Waals surface area contributed by atoms with E-state index in [1.165, 1.54) is 26.2 Å². The number of ether oxygens (including phenoxy) is 1. The Morgan fingerprint density at radius 1 is 1.47 bits per heavy atom. The molecule has 3 nitrogen and oxygen atoms in total. The van der Waals surface area contributed by atoms with Gasteiger partial charge >= 0.3 is 5.97 Å². The molecule has 1 atom stereocenters. The molecule has 1 unspecified atom stereocenters. The molecular formula is C12H14F2O3. The molecule has 0 bridgehead atoms. The monoisotopic (exact) mass is 244 g/mol. The second kappa shape index (κ2) is 5.61. The van der Waals surface area contributed by atoms with E-state index in [9.17, 15) is 13.6 Å². The molecule has 0 saturated heterocycles. The minimum absolute atomic E-state index is 0.0268. The van der Waals surface area contributed by atoms with Crippen LogP contribution >= 0.6 is 0 Å². The third kappa shape index (κ3) is 3.15. The number of carbonyl (C=O) groups is 1. The van der Waals surface area contributed by atoms with Crippen molar-refractivity contribution in [3.63, 3.8) is 0 Å². The Morgan fingerprint density at radius 2 is 2.12 bits per heavy atom. The second-order valence-electron chi connectivity index (χ2n) is 3.77. The van der Waals surface area contributed by atoms with E-state index < -0.39 is 18.3 Å². The van der Waals surface area contributed by atoms with Crippen LogP contribution < -0.4 is 4.74 Å². The number of hydrogen-bond donors (Lipinski definition) is 1. The number of methoxy groups -OCH3 is 1. The van der Waals surface area contributed by atoms with Crippen LogP contribution in [-0.2, 0) is 11.2 Å². The molecule has 1 aromatic carbocycles. The predicted octanol–water partition coefficient (Wildman–Crippen LogP) is 2.90. The number of rotatable bonds is 5. The summed E-state index contributed by atoms with van der Waals surface area (Å²) in [6.07, 6.45) is -2.61. The highest BCUT2D eigenvalue weighted by Gasteiger charge is 2.21. The molecule has 1 rings (SSSR count). The summed E-state index contributed by atoms with van der Waals surface area (Å²) in [6.45, 7) is 1.48. The topological polar surface area (TPSA) is 46.5 Å². The maximum atomic E-state index is 12.8. The van der Waals surface area contributed by atoms with Crippen molar-refractivity contribution in [1.29, 1.82) is 0 Å². The molecule has 0 aliphatic heterocycles. The van der Waals surface area contributed by atoms with Gasteiger partial charge in [0.25, 0.3) is 6.43 Å². The summed E-state index contributed by atoms with van der Waals surface area (Å²) in [6, 6.07) is 4.31. The first kappa shape index (κ1) is 13.4. The van der Waals surface area contributed by atoms with E-state index in [-0.39, 0.29) is 17.5 Å². The maximum absolute atomic E-state index is 12.8. The molecule has 0 spiro atoms. The predicted molar refractivity (Wildman–Crippen MR) is 58.5 cm³/mol. The zero-order chi connectivity index (χ0) is 13.0. The van der Waals surface area contributed by atoms with E-state index >= 15 is 0 Å². The minimum Gasteiger partial charge on any atom is -0.496 e. The number of hydrogen-bond acceptors (Lipinski definition) is 2. The molecule has 0 amide bonds. The van der Waals surface area contributed by atoms with Gasteiger partial charge in [0.2, 0.25) is 0 Å². The SMILES string of the molecule is COc1cccc(C(F)F)c1CC(C)C(=O)O. The number of halogens is 2. The van der Waals surface area contributed by atoms with Crippen LogP contribution in [-0.4, -0.2) is 18.2 Å². The van der Waals surface area contributed by atoms with Gasteiger partial charge in [-0.1, -0.05) is 19.1 Å². The Bertz CT molecular complexity index is 405. The summed E-state index contributed by atoms with van der Waals surface area (Å²) in [4.78, 5) is 10.8. The Balaban J connectivity index is 3.13. The molecule has 1 aromatic rings. The van der Waals surface area contributed by atoms with Crippen molar-refractivity contribution in [2.45, 2.75) is 19.8 Å². The fourth-order valence-electron chi connectivity index (χ4n) is 1.59. The van der Waals surface area contributed by atoms with Crippen molar-refractivity contribution >= 4 is 5.97 Å². The van der Waals surface area contributed by atoms with E-state index in [1.807, 2.05) is 0 Å². The van der Waals surface area contributed by atoms with E-state index in [1.54, 1.807) is 6.07 Å². The van der Waals surface area contributed by atoms with Gasteiger partial charge in [-0.25, -0.2) is 8.78 Å². The van der Waals surface area contributed by atoms with Gasteiger partial charge in [-0.3, -0.25) is 4.79 Å². The molecule has 0 aliphatic carbocycles. The summed E-state index contributed by atoms with van der Waals surface area (Å²) in [7, 11) is 1.37. The molecule has 1 N–H and O–H groups in total. The Hall–Kier alpha value is -1.65. The van der Waals surface area contributed by atoms with Gasteiger partial charge in [0.1, 0.15) is 5.75 Å². The molecule has 0 saturated carbocycles. The molecule has 0 aliphatic rings. The normalized spacial score (nSPS) is 12.5. The molecule has 17 heavy (non-hydrogen) atoms. The lowest BCUT2D eigenvalue weighted by atomic mass is 9.96. The molecule has 0 aromatic heterocycles. The van der Waals surface area contributed by atoms with Crippen LogP contribution in [0, 0.1) is 5.92 Å². The van der Waals surface area contributed by atoms with Crippen LogP contribution in [0.4, 0.5) is 8.78 Å². The molecule has 94 valence electrons. The first-order valence-corrected chi connectivity index (χ1v) is 5.14. The lowest BCUT2D eigenvalue weighted by Gasteiger charge is -2.15. The lowest BCUT2D eigenvalue weighted by Crippen LogP contribution is -2.14. The van der Waals surface area contributed by atoms with Crippen LogP contribution in [0.15, 0.2) is 18.2 Å². The molecule has 5 heteroatoms. The van der Waals surface area contributed by atoms with Crippen molar-refractivity contribution < 1.29 is 23.4 Å². The van der Waals surface area contributed by atoms with E-state index in [0.29, 0.717) is 5.75 Å². The van der Waals surface area contributed by atoms with Crippen molar-refractivity contribution in [1.82, 2.24) is 0 Å². The second-order valence-corrected chi connectivity index (χ2v) is 3.77. The highest BCUT2D eigenvalue weighted by Crippen LogP contribution is 2.31. The number of aliphatic carboxylic acids is 1. The quantitative estimate of drug-likeness (QED) is 0.866. The first-order valence-electron chi connectivity index (χ1n) is 5.14. The third-order valence-electron chi connectivity index (χ3n) is 2.56. The first-order chi connectivity index (χ1) is 7.97. The maximum Gasteiger partial charge on any atom is 0.306 e. The zero-order valence-corrected chi connectivity index (χ0v) is 9.61. The number of carboxylic acids is 1. The van der Waals surface area contributed by atoms with Crippen molar-refractivity contribution in [3.8, 4) is 5.75 Å². The highest BCUT2D eigenvalue weighted by molar-refractivity contribution is 5.70.